The summed E-state index contributed by atoms with van der Waals surface area (Å²) in [7, 11) is 0. The minimum absolute atomic E-state index is 0.0185. The fraction of sp³-hybridized carbons (Fsp3) is 0.500. The fourth-order valence-electron chi connectivity index (χ4n) is 3.14. The number of hydrogen-bond acceptors (Lipinski definition) is 5. The van der Waals surface area contributed by atoms with Gasteiger partial charge in [-0.3, -0.25) is 4.79 Å². The first-order valence-corrected chi connectivity index (χ1v) is 9.37. The molecule has 0 aliphatic heterocycles. The molecule has 1 aromatic carbocycles. The van der Waals surface area contributed by atoms with E-state index in [4.69, 9.17) is 4.52 Å². The number of amides is 1. The summed E-state index contributed by atoms with van der Waals surface area (Å²) in [5.41, 5.74) is 0.749. The van der Waals surface area contributed by atoms with Crippen molar-refractivity contribution >= 4 is 17.7 Å². The molecule has 5 nitrogen and oxygen atoms in total. The van der Waals surface area contributed by atoms with Crippen molar-refractivity contribution in [1.82, 2.24) is 15.5 Å². The van der Waals surface area contributed by atoms with Crippen LogP contribution in [0.3, 0.4) is 0 Å². The predicted molar refractivity (Wildman–Crippen MR) is 93.8 cm³/mol. The lowest BCUT2D eigenvalue weighted by Crippen LogP contribution is -2.48. The highest BCUT2D eigenvalue weighted by Gasteiger charge is 2.39. The molecule has 24 heavy (non-hydrogen) atoms. The summed E-state index contributed by atoms with van der Waals surface area (Å²) in [5.74, 6) is 1.57. The molecule has 1 aliphatic carbocycles. The molecular formula is C18H23N3O2S. The number of aryl methyl sites for hydroxylation is 2. The summed E-state index contributed by atoms with van der Waals surface area (Å²) in [4.78, 5) is 18.0. The number of aromatic nitrogens is 2. The molecule has 1 aromatic heterocycles. The number of carbonyl (C=O) groups is 1. The molecule has 2 aromatic rings. The van der Waals surface area contributed by atoms with E-state index < -0.39 is 5.54 Å². The van der Waals surface area contributed by atoms with E-state index in [9.17, 15) is 4.79 Å². The normalized spacial score (nSPS) is 16.8. The average Bonchev–Trinajstić information content (AvgIpc) is 3.02. The molecule has 128 valence electrons. The zero-order valence-electron chi connectivity index (χ0n) is 14.2. The maximum absolute atomic E-state index is 12.5. The second kappa shape index (κ2) is 7.38. The zero-order valence-corrected chi connectivity index (χ0v) is 15.0. The molecule has 0 spiro atoms. The predicted octanol–water partition coefficient (Wildman–Crippen LogP) is 3.75. The molecule has 1 aliphatic rings. The minimum atomic E-state index is -0.471. The Morgan fingerprint density at radius 3 is 2.54 bits per heavy atom. The molecule has 0 atom stereocenters. The van der Waals surface area contributed by atoms with Gasteiger partial charge in [0.05, 0.1) is 5.75 Å². The van der Waals surface area contributed by atoms with Gasteiger partial charge in [0.2, 0.25) is 11.8 Å². The van der Waals surface area contributed by atoms with Crippen molar-refractivity contribution in [3.8, 4) is 0 Å². The Labute approximate surface area is 146 Å². The summed E-state index contributed by atoms with van der Waals surface area (Å²) in [6.07, 6.45) is 5.06. The lowest BCUT2D eigenvalue weighted by Gasteiger charge is -2.35. The highest BCUT2D eigenvalue weighted by Crippen LogP contribution is 2.35. The fourth-order valence-corrected chi connectivity index (χ4v) is 3.84. The van der Waals surface area contributed by atoms with Crippen LogP contribution in [-0.2, 0) is 10.3 Å². The van der Waals surface area contributed by atoms with Crippen molar-refractivity contribution < 1.29 is 9.32 Å². The highest BCUT2D eigenvalue weighted by molar-refractivity contribution is 8.00. The molecular weight excluding hydrogens is 322 g/mol. The second-order valence-electron chi connectivity index (χ2n) is 6.43. The first-order valence-electron chi connectivity index (χ1n) is 8.39. The van der Waals surface area contributed by atoms with Crippen LogP contribution in [-0.4, -0.2) is 21.8 Å². The molecule has 1 heterocycles. The van der Waals surface area contributed by atoms with Crippen LogP contribution in [0, 0.1) is 13.8 Å². The SMILES string of the molecule is Cc1ccc(SCC(=O)NC2(c3noc(C)n3)CCCCC2)cc1. The molecule has 0 radical (unpaired) electrons. The van der Waals surface area contributed by atoms with Gasteiger partial charge >= 0.3 is 0 Å². The van der Waals surface area contributed by atoms with Gasteiger partial charge in [0.1, 0.15) is 5.54 Å². The third-order valence-electron chi connectivity index (χ3n) is 4.43. The maximum atomic E-state index is 12.5. The van der Waals surface area contributed by atoms with Crippen LogP contribution in [0.4, 0.5) is 0 Å². The van der Waals surface area contributed by atoms with E-state index in [2.05, 4.69) is 34.5 Å². The number of thioether (sulfide) groups is 1. The van der Waals surface area contributed by atoms with E-state index in [0.29, 0.717) is 17.5 Å². The van der Waals surface area contributed by atoms with Crippen LogP contribution in [0.15, 0.2) is 33.7 Å². The van der Waals surface area contributed by atoms with Gasteiger partial charge in [-0.2, -0.15) is 4.98 Å². The standard InChI is InChI=1S/C18H23N3O2S/c1-13-6-8-15(9-7-13)24-12-16(22)20-18(10-4-3-5-11-18)17-19-14(2)23-21-17/h6-9H,3-5,10-12H2,1-2H3,(H,20,22). The van der Waals surface area contributed by atoms with E-state index >= 15 is 0 Å². The summed E-state index contributed by atoms with van der Waals surface area (Å²) >= 11 is 1.55. The lowest BCUT2D eigenvalue weighted by molar-refractivity contribution is -0.121. The van der Waals surface area contributed by atoms with Crippen LogP contribution < -0.4 is 5.32 Å². The van der Waals surface area contributed by atoms with Crippen molar-refractivity contribution in [2.75, 3.05) is 5.75 Å². The van der Waals surface area contributed by atoms with Gasteiger partial charge < -0.3 is 9.84 Å². The molecule has 1 amide bonds. The van der Waals surface area contributed by atoms with Gasteiger partial charge in [0.15, 0.2) is 5.82 Å². The number of nitrogens with one attached hydrogen (secondary N) is 1. The number of rotatable bonds is 5. The smallest absolute Gasteiger partial charge is 0.231 e. The molecule has 1 fully saturated rings. The van der Waals surface area contributed by atoms with E-state index in [1.165, 1.54) is 12.0 Å². The Morgan fingerprint density at radius 1 is 1.21 bits per heavy atom. The molecule has 0 saturated heterocycles. The number of carbonyl (C=O) groups excluding carboxylic acids is 1. The van der Waals surface area contributed by atoms with Crippen LogP contribution in [0.2, 0.25) is 0 Å². The molecule has 6 heteroatoms. The number of nitrogens with zero attached hydrogens (tertiary/aromatic N) is 2. The van der Waals surface area contributed by atoms with Gasteiger partial charge in [-0.1, -0.05) is 42.1 Å². The van der Waals surface area contributed by atoms with E-state index in [-0.39, 0.29) is 5.91 Å². The third-order valence-corrected chi connectivity index (χ3v) is 5.44. The second-order valence-corrected chi connectivity index (χ2v) is 7.48. The maximum Gasteiger partial charge on any atom is 0.231 e. The molecule has 0 bridgehead atoms. The van der Waals surface area contributed by atoms with Crippen molar-refractivity contribution in [1.29, 1.82) is 0 Å². The van der Waals surface area contributed by atoms with Crippen LogP contribution in [0.5, 0.6) is 0 Å². The third kappa shape index (κ3) is 3.98. The van der Waals surface area contributed by atoms with Crippen molar-refractivity contribution in [2.45, 2.75) is 56.4 Å². The summed E-state index contributed by atoms with van der Waals surface area (Å²) in [5, 5.41) is 7.28. The number of benzene rings is 1. The van der Waals surface area contributed by atoms with Gasteiger partial charge in [0, 0.05) is 11.8 Å². The molecule has 3 rings (SSSR count). The highest BCUT2D eigenvalue weighted by atomic mass is 32.2. The van der Waals surface area contributed by atoms with Gasteiger partial charge in [0.25, 0.3) is 0 Å². The lowest BCUT2D eigenvalue weighted by atomic mass is 9.81. The largest absolute Gasteiger partial charge is 0.342 e. The first kappa shape index (κ1) is 17.0. The Bertz CT molecular complexity index is 691. The average molecular weight is 345 g/mol. The summed E-state index contributed by atoms with van der Waals surface area (Å²) in [6, 6.07) is 8.22. The Balaban J connectivity index is 1.66. The molecule has 1 saturated carbocycles. The minimum Gasteiger partial charge on any atom is -0.342 e. The van der Waals surface area contributed by atoms with Gasteiger partial charge in [-0.15, -0.1) is 11.8 Å². The zero-order chi connectivity index (χ0) is 17.0. The monoisotopic (exact) mass is 345 g/mol. The van der Waals surface area contributed by atoms with E-state index in [1.54, 1.807) is 18.7 Å². The van der Waals surface area contributed by atoms with E-state index in [0.717, 1.165) is 30.6 Å². The van der Waals surface area contributed by atoms with Gasteiger partial charge in [-0.05, 0) is 31.9 Å². The van der Waals surface area contributed by atoms with Crippen LogP contribution in [0.1, 0.15) is 49.4 Å². The van der Waals surface area contributed by atoms with Crippen LogP contribution >= 0.6 is 11.8 Å². The van der Waals surface area contributed by atoms with Crippen LogP contribution in [0.25, 0.3) is 0 Å². The molecule has 0 unspecified atom stereocenters. The van der Waals surface area contributed by atoms with Crippen molar-refractivity contribution in [3.05, 3.63) is 41.5 Å². The van der Waals surface area contributed by atoms with Crippen molar-refractivity contribution in [2.24, 2.45) is 0 Å². The Hall–Kier alpha value is -1.82. The summed E-state index contributed by atoms with van der Waals surface area (Å²) in [6.45, 7) is 3.84. The Morgan fingerprint density at radius 2 is 1.92 bits per heavy atom. The van der Waals surface area contributed by atoms with Crippen molar-refractivity contribution in [3.63, 3.8) is 0 Å². The summed E-state index contributed by atoms with van der Waals surface area (Å²) < 4.78 is 5.15. The number of hydrogen-bond donors (Lipinski definition) is 1. The Kier molecular flexibility index (Phi) is 5.23. The van der Waals surface area contributed by atoms with E-state index in [1.807, 2.05) is 12.1 Å². The quantitative estimate of drug-likeness (QED) is 0.836. The topological polar surface area (TPSA) is 68.0 Å². The first-order chi connectivity index (χ1) is 11.6. The van der Waals surface area contributed by atoms with Gasteiger partial charge in [-0.25, -0.2) is 0 Å². The molecule has 1 N–H and O–H groups in total.